The van der Waals surface area contributed by atoms with Crippen molar-refractivity contribution in [1.82, 2.24) is 5.32 Å². The third-order valence-electron chi connectivity index (χ3n) is 7.91. The number of rotatable bonds is 6. The molecule has 7 heteroatoms. The molecule has 1 N–H and O–H groups in total. The highest BCUT2D eigenvalue weighted by molar-refractivity contribution is 6.52. The number of amides is 2. The normalized spacial score (nSPS) is 31.5. The zero-order valence-corrected chi connectivity index (χ0v) is 17.8. The van der Waals surface area contributed by atoms with Gasteiger partial charge in [-0.1, -0.05) is 12.1 Å². The predicted molar refractivity (Wildman–Crippen MR) is 112 cm³/mol. The molecular formula is C24H28N2O5. The number of nitrogens with one attached hydrogen (secondary N) is 1. The number of ketones is 1. The summed E-state index contributed by atoms with van der Waals surface area (Å²) in [5.41, 5.74) is 0.859. The molecule has 4 aliphatic carbocycles. The lowest BCUT2D eigenvalue weighted by molar-refractivity contribution is -0.148. The molecule has 2 amide bonds. The highest BCUT2D eigenvalue weighted by atomic mass is 16.5. The van der Waals surface area contributed by atoms with Crippen LogP contribution in [0.15, 0.2) is 24.3 Å². The molecule has 4 saturated carbocycles. The number of hydrogen-bond donors (Lipinski definition) is 1. The molecule has 7 nitrogen and oxygen atoms in total. The van der Waals surface area contributed by atoms with Crippen LogP contribution in [0.5, 0.6) is 0 Å². The van der Waals surface area contributed by atoms with Gasteiger partial charge in [0, 0.05) is 6.04 Å². The van der Waals surface area contributed by atoms with Crippen molar-refractivity contribution >= 4 is 29.3 Å². The molecule has 0 spiro atoms. The van der Waals surface area contributed by atoms with E-state index < -0.39 is 17.7 Å². The molecule has 0 unspecified atom stereocenters. The van der Waals surface area contributed by atoms with E-state index in [9.17, 15) is 19.2 Å². The molecule has 31 heavy (non-hydrogen) atoms. The third kappa shape index (κ3) is 3.54. The Morgan fingerprint density at radius 2 is 1.71 bits per heavy atom. The maximum absolute atomic E-state index is 12.5. The Morgan fingerprint density at radius 3 is 2.35 bits per heavy atom. The molecule has 1 heterocycles. The lowest BCUT2D eigenvalue weighted by Crippen LogP contribution is -2.56. The van der Waals surface area contributed by atoms with Crippen molar-refractivity contribution in [3.8, 4) is 0 Å². The van der Waals surface area contributed by atoms with Gasteiger partial charge in [0.05, 0.1) is 11.3 Å². The number of carbonyl (C=O) groups excluding carboxylic acids is 4. The van der Waals surface area contributed by atoms with Gasteiger partial charge in [-0.2, -0.15) is 0 Å². The second kappa shape index (κ2) is 7.46. The number of Topliss-reactive ketones (excluding diaryl/α,β-unsaturated/α-hetero) is 1. The van der Waals surface area contributed by atoms with E-state index >= 15 is 0 Å². The fourth-order valence-corrected chi connectivity index (χ4v) is 6.87. The van der Waals surface area contributed by atoms with E-state index in [2.05, 4.69) is 12.2 Å². The maximum atomic E-state index is 12.5. The first-order valence-electron chi connectivity index (χ1n) is 11.2. The average molecular weight is 424 g/mol. The Balaban J connectivity index is 1.14. The summed E-state index contributed by atoms with van der Waals surface area (Å²) in [6.07, 6.45) is 7.59. The minimum Gasteiger partial charge on any atom is -0.454 e. The Labute approximate surface area is 181 Å². The Hall–Kier alpha value is -2.70. The number of carbonyl (C=O) groups is 4. The van der Waals surface area contributed by atoms with Crippen molar-refractivity contribution in [2.45, 2.75) is 51.5 Å². The molecule has 1 aromatic carbocycles. The molecule has 5 aliphatic rings. The topological polar surface area (TPSA) is 92.8 Å². The second-order valence-corrected chi connectivity index (χ2v) is 9.97. The van der Waals surface area contributed by atoms with Crippen LogP contribution < -0.4 is 10.2 Å². The van der Waals surface area contributed by atoms with Crippen molar-refractivity contribution in [2.75, 3.05) is 18.1 Å². The number of fused-ring (bicyclic) bond motifs is 1. The highest BCUT2D eigenvalue weighted by Gasteiger charge is 2.53. The van der Waals surface area contributed by atoms with E-state index in [0.717, 1.165) is 22.7 Å². The van der Waals surface area contributed by atoms with Gasteiger partial charge in [-0.05, 0) is 80.8 Å². The molecule has 0 radical (unpaired) electrons. The smallest absolute Gasteiger partial charge is 0.326 e. The molecule has 6 rings (SSSR count). The standard InChI is InChI=1S/C24H28N2O5/c1-14(24-9-15-6-16(10-24)8-17(7-15)11-24)25-20(27)13-31-21(28)12-26-19-5-3-2-4-18(19)22(29)23(26)30/h2-5,14-17H,6-13H2,1H3,(H,25,27)/t14-,15?,16?,17?,24?/m1/s1. The molecule has 1 atom stereocenters. The number of ether oxygens (including phenoxy) is 1. The molecule has 4 bridgehead atoms. The number of nitrogens with zero attached hydrogens (tertiary/aromatic N) is 1. The fourth-order valence-electron chi connectivity index (χ4n) is 6.87. The fraction of sp³-hybridized carbons (Fsp3) is 0.583. The van der Waals surface area contributed by atoms with Crippen molar-refractivity contribution in [1.29, 1.82) is 0 Å². The van der Waals surface area contributed by atoms with Crippen LogP contribution in [-0.4, -0.2) is 42.8 Å². The van der Waals surface area contributed by atoms with Crippen molar-refractivity contribution < 1.29 is 23.9 Å². The van der Waals surface area contributed by atoms with E-state index in [1.807, 2.05) is 0 Å². The lowest BCUT2D eigenvalue weighted by Gasteiger charge is -2.59. The summed E-state index contributed by atoms with van der Waals surface area (Å²) in [4.78, 5) is 50.1. The van der Waals surface area contributed by atoms with Crippen LogP contribution >= 0.6 is 0 Å². The minimum atomic E-state index is -0.752. The van der Waals surface area contributed by atoms with Crippen LogP contribution in [0.4, 0.5) is 5.69 Å². The van der Waals surface area contributed by atoms with Gasteiger partial charge in [0.15, 0.2) is 6.61 Å². The first-order chi connectivity index (χ1) is 14.8. The van der Waals surface area contributed by atoms with Crippen molar-refractivity contribution in [3.63, 3.8) is 0 Å². The number of esters is 1. The Kier molecular flexibility index (Phi) is 4.87. The zero-order chi connectivity index (χ0) is 21.8. The first kappa shape index (κ1) is 20.2. The van der Waals surface area contributed by atoms with E-state index in [0.29, 0.717) is 5.69 Å². The lowest BCUT2D eigenvalue weighted by atomic mass is 9.48. The van der Waals surface area contributed by atoms with Gasteiger partial charge in [0.2, 0.25) is 0 Å². The highest BCUT2D eigenvalue weighted by Crippen LogP contribution is 2.61. The molecule has 1 aliphatic heterocycles. The molecule has 164 valence electrons. The second-order valence-electron chi connectivity index (χ2n) is 9.97. The number of anilines is 1. The summed E-state index contributed by atoms with van der Waals surface area (Å²) in [5.74, 6) is -0.0223. The number of benzene rings is 1. The van der Waals surface area contributed by atoms with Crippen molar-refractivity contribution in [3.05, 3.63) is 29.8 Å². The Bertz CT molecular complexity index is 920. The van der Waals surface area contributed by atoms with Crippen LogP contribution in [0.1, 0.15) is 55.8 Å². The van der Waals surface area contributed by atoms with E-state index in [1.54, 1.807) is 24.3 Å². The summed E-state index contributed by atoms with van der Waals surface area (Å²) >= 11 is 0. The molecule has 4 fully saturated rings. The molecule has 0 aromatic heterocycles. The van der Waals surface area contributed by atoms with Gasteiger partial charge in [-0.25, -0.2) is 0 Å². The van der Waals surface area contributed by atoms with Crippen LogP contribution in [0.25, 0.3) is 0 Å². The van der Waals surface area contributed by atoms with E-state index in [4.69, 9.17) is 4.74 Å². The van der Waals surface area contributed by atoms with Crippen LogP contribution in [0.3, 0.4) is 0 Å². The van der Waals surface area contributed by atoms with Crippen LogP contribution in [-0.2, 0) is 19.1 Å². The molecule has 0 saturated heterocycles. The van der Waals surface area contributed by atoms with Gasteiger partial charge >= 0.3 is 5.97 Å². The van der Waals surface area contributed by atoms with Crippen molar-refractivity contribution in [2.24, 2.45) is 23.2 Å². The largest absolute Gasteiger partial charge is 0.454 e. The minimum absolute atomic E-state index is 0.0526. The number of hydrogen-bond acceptors (Lipinski definition) is 5. The summed E-state index contributed by atoms with van der Waals surface area (Å²) in [6.45, 7) is 1.31. The molecular weight excluding hydrogens is 396 g/mol. The van der Waals surface area contributed by atoms with E-state index in [-0.39, 0.29) is 36.1 Å². The average Bonchev–Trinajstić information content (AvgIpc) is 2.96. The van der Waals surface area contributed by atoms with Gasteiger partial charge < -0.3 is 10.1 Å². The monoisotopic (exact) mass is 424 g/mol. The summed E-state index contributed by atoms with van der Waals surface area (Å²) in [7, 11) is 0. The number of para-hydroxylation sites is 1. The predicted octanol–water partition coefficient (Wildman–Crippen LogP) is 2.48. The maximum Gasteiger partial charge on any atom is 0.326 e. The van der Waals surface area contributed by atoms with Gasteiger partial charge in [0.1, 0.15) is 6.54 Å². The van der Waals surface area contributed by atoms with Crippen LogP contribution in [0, 0.1) is 23.2 Å². The summed E-state index contributed by atoms with van der Waals surface area (Å²) in [6, 6.07) is 6.59. The van der Waals surface area contributed by atoms with Crippen LogP contribution in [0.2, 0.25) is 0 Å². The zero-order valence-electron chi connectivity index (χ0n) is 17.8. The quantitative estimate of drug-likeness (QED) is 0.559. The molecule has 1 aromatic rings. The third-order valence-corrected chi connectivity index (χ3v) is 7.91. The summed E-state index contributed by atoms with van der Waals surface area (Å²) in [5, 5.41) is 3.07. The van der Waals surface area contributed by atoms with Gasteiger partial charge in [0.25, 0.3) is 17.6 Å². The SMILES string of the molecule is C[C@@H](NC(=O)COC(=O)CN1C(=O)C(=O)c2ccccc21)C12CC3CC(CC(C3)C1)C2. The summed E-state index contributed by atoms with van der Waals surface area (Å²) < 4.78 is 5.13. The van der Waals surface area contributed by atoms with E-state index in [1.165, 1.54) is 38.5 Å². The Morgan fingerprint density at radius 1 is 1.10 bits per heavy atom. The van der Waals surface area contributed by atoms with Gasteiger partial charge in [-0.3, -0.25) is 24.1 Å². The van der Waals surface area contributed by atoms with Gasteiger partial charge in [-0.15, -0.1) is 0 Å². The first-order valence-corrected chi connectivity index (χ1v) is 11.2.